The third kappa shape index (κ3) is 5.58. The van der Waals surface area contributed by atoms with Crippen LogP contribution in [0.25, 0.3) is 0 Å². The van der Waals surface area contributed by atoms with E-state index >= 15 is 0 Å². The van der Waals surface area contributed by atoms with Gasteiger partial charge in [-0.3, -0.25) is 9.59 Å². The lowest BCUT2D eigenvalue weighted by Crippen LogP contribution is -2.47. The zero-order valence-electron chi connectivity index (χ0n) is 11.7. The second-order valence-corrected chi connectivity index (χ2v) is 4.28. The zero-order valence-corrected chi connectivity index (χ0v) is 11.7. The number of urea groups is 1. The molecule has 0 radical (unpaired) electrons. The van der Waals surface area contributed by atoms with E-state index in [0.717, 1.165) is 0 Å². The topological polar surface area (TPSA) is 108 Å². The number of hydrogen-bond donors (Lipinski definition) is 4. The minimum absolute atomic E-state index is 0.0383. The number of carboxylic acids is 1. The Kier molecular flexibility index (Phi) is 7.55. The molecular weight excluding hydrogens is 250 g/mol. The van der Waals surface area contributed by atoms with Gasteiger partial charge < -0.3 is 21.1 Å². The SMILES string of the molecule is CCNC(=O)CNC(=O)NCC(CC)(CC)C(=O)O. The van der Waals surface area contributed by atoms with Crippen LogP contribution in [0.3, 0.4) is 0 Å². The van der Waals surface area contributed by atoms with Crippen LogP contribution in [0.5, 0.6) is 0 Å². The van der Waals surface area contributed by atoms with Crippen molar-refractivity contribution in [3.05, 3.63) is 0 Å². The fourth-order valence-corrected chi connectivity index (χ4v) is 1.61. The minimum Gasteiger partial charge on any atom is -0.481 e. The molecule has 3 amide bonds. The number of aliphatic carboxylic acids is 1. The molecule has 7 heteroatoms. The summed E-state index contributed by atoms with van der Waals surface area (Å²) < 4.78 is 0. The average Bonchev–Trinajstić information content (AvgIpc) is 2.38. The van der Waals surface area contributed by atoms with Crippen molar-refractivity contribution in [2.75, 3.05) is 19.6 Å². The number of carboxylic acid groups (broad SMARTS) is 1. The lowest BCUT2D eigenvalue weighted by atomic mass is 9.82. The van der Waals surface area contributed by atoms with E-state index in [0.29, 0.717) is 19.4 Å². The molecule has 0 aliphatic carbocycles. The normalized spacial score (nSPS) is 10.7. The second-order valence-electron chi connectivity index (χ2n) is 4.28. The summed E-state index contributed by atoms with van der Waals surface area (Å²) in [5.74, 6) is -1.21. The lowest BCUT2D eigenvalue weighted by molar-refractivity contribution is -0.149. The standard InChI is InChI=1S/C12H23N3O4/c1-4-12(5-2,10(17)18)8-15-11(19)14-7-9(16)13-6-3/h4-8H2,1-3H3,(H,13,16)(H,17,18)(H2,14,15,19). The molecule has 0 saturated carbocycles. The molecule has 0 unspecified atom stereocenters. The summed E-state index contributed by atoms with van der Waals surface area (Å²) in [6.45, 7) is 5.73. The van der Waals surface area contributed by atoms with Gasteiger partial charge in [-0.15, -0.1) is 0 Å². The Morgan fingerprint density at radius 3 is 2.00 bits per heavy atom. The predicted molar refractivity (Wildman–Crippen MR) is 70.7 cm³/mol. The molecule has 0 rings (SSSR count). The molecule has 0 bridgehead atoms. The summed E-state index contributed by atoms with van der Waals surface area (Å²) >= 11 is 0. The van der Waals surface area contributed by atoms with Crippen LogP contribution in [0.15, 0.2) is 0 Å². The molecule has 0 aromatic carbocycles. The number of nitrogens with one attached hydrogen (secondary N) is 3. The van der Waals surface area contributed by atoms with Gasteiger partial charge in [-0.1, -0.05) is 13.8 Å². The summed E-state index contributed by atoms with van der Waals surface area (Å²) in [6.07, 6.45) is 0.852. The van der Waals surface area contributed by atoms with E-state index in [-0.39, 0.29) is 19.0 Å². The van der Waals surface area contributed by atoms with Crippen LogP contribution >= 0.6 is 0 Å². The first-order valence-corrected chi connectivity index (χ1v) is 6.43. The van der Waals surface area contributed by atoms with Crippen molar-refractivity contribution < 1.29 is 19.5 Å². The Labute approximate surface area is 113 Å². The van der Waals surface area contributed by atoms with E-state index in [9.17, 15) is 19.5 Å². The summed E-state index contributed by atoms with van der Waals surface area (Å²) in [5, 5.41) is 16.6. The molecule has 0 aromatic heterocycles. The van der Waals surface area contributed by atoms with Crippen molar-refractivity contribution in [1.82, 2.24) is 16.0 Å². The lowest BCUT2D eigenvalue weighted by Gasteiger charge is -2.26. The van der Waals surface area contributed by atoms with Crippen molar-refractivity contribution in [1.29, 1.82) is 0 Å². The van der Waals surface area contributed by atoms with Gasteiger partial charge in [-0.25, -0.2) is 4.79 Å². The van der Waals surface area contributed by atoms with Crippen molar-refractivity contribution in [2.24, 2.45) is 5.41 Å². The summed E-state index contributed by atoms with van der Waals surface area (Å²) in [4.78, 5) is 33.8. The summed E-state index contributed by atoms with van der Waals surface area (Å²) in [7, 11) is 0. The van der Waals surface area contributed by atoms with Gasteiger partial charge in [0.1, 0.15) is 0 Å². The highest BCUT2D eigenvalue weighted by Crippen LogP contribution is 2.25. The second kappa shape index (κ2) is 8.34. The molecule has 19 heavy (non-hydrogen) atoms. The van der Waals surface area contributed by atoms with Gasteiger partial charge >= 0.3 is 12.0 Å². The number of carbonyl (C=O) groups excluding carboxylic acids is 2. The molecule has 4 N–H and O–H groups in total. The molecule has 7 nitrogen and oxygen atoms in total. The van der Waals surface area contributed by atoms with E-state index in [2.05, 4.69) is 16.0 Å². The summed E-state index contributed by atoms with van der Waals surface area (Å²) in [6, 6.07) is -0.543. The van der Waals surface area contributed by atoms with Crippen LogP contribution in [0.2, 0.25) is 0 Å². The molecule has 0 spiro atoms. The van der Waals surface area contributed by atoms with E-state index in [1.54, 1.807) is 20.8 Å². The number of likely N-dealkylation sites (N-methyl/N-ethyl adjacent to an activating group) is 1. The molecule has 0 aliphatic rings. The Morgan fingerprint density at radius 1 is 1.00 bits per heavy atom. The van der Waals surface area contributed by atoms with E-state index in [1.807, 2.05) is 0 Å². The van der Waals surface area contributed by atoms with Crippen molar-refractivity contribution >= 4 is 17.9 Å². The van der Waals surface area contributed by atoms with Gasteiger partial charge in [-0.05, 0) is 19.8 Å². The Balaban J connectivity index is 4.20. The molecule has 0 aromatic rings. The Bertz CT molecular complexity index is 327. The molecule has 0 heterocycles. The smallest absolute Gasteiger partial charge is 0.315 e. The van der Waals surface area contributed by atoms with Crippen LogP contribution in [0.4, 0.5) is 4.79 Å². The fourth-order valence-electron chi connectivity index (χ4n) is 1.61. The molecule has 0 fully saturated rings. The predicted octanol–water partition coefficient (Wildman–Crippen LogP) is 0.313. The molecule has 0 saturated heterocycles. The van der Waals surface area contributed by atoms with Gasteiger partial charge in [0.2, 0.25) is 5.91 Å². The maximum Gasteiger partial charge on any atom is 0.315 e. The Hall–Kier alpha value is -1.79. The van der Waals surface area contributed by atoms with Gasteiger partial charge in [0.05, 0.1) is 12.0 Å². The third-order valence-electron chi connectivity index (χ3n) is 3.18. The van der Waals surface area contributed by atoms with Crippen molar-refractivity contribution in [3.63, 3.8) is 0 Å². The highest BCUT2D eigenvalue weighted by atomic mass is 16.4. The van der Waals surface area contributed by atoms with Crippen LogP contribution in [-0.2, 0) is 9.59 Å². The number of carbonyl (C=O) groups is 3. The fraction of sp³-hybridized carbons (Fsp3) is 0.750. The maximum atomic E-state index is 11.5. The van der Waals surface area contributed by atoms with Crippen molar-refractivity contribution in [2.45, 2.75) is 33.6 Å². The first kappa shape index (κ1) is 17.2. The highest BCUT2D eigenvalue weighted by Gasteiger charge is 2.35. The van der Waals surface area contributed by atoms with E-state index < -0.39 is 17.4 Å². The maximum absolute atomic E-state index is 11.5. The van der Waals surface area contributed by atoms with Gasteiger partial charge in [0, 0.05) is 13.1 Å². The molecule has 0 aliphatic heterocycles. The first-order valence-electron chi connectivity index (χ1n) is 6.43. The quantitative estimate of drug-likeness (QED) is 0.510. The van der Waals surface area contributed by atoms with Crippen LogP contribution in [-0.4, -0.2) is 42.6 Å². The highest BCUT2D eigenvalue weighted by molar-refractivity contribution is 5.84. The third-order valence-corrected chi connectivity index (χ3v) is 3.18. The van der Waals surface area contributed by atoms with Crippen LogP contribution in [0.1, 0.15) is 33.6 Å². The van der Waals surface area contributed by atoms with Gasteiger partial charge in [0.15, 0.2) is 0 Å². The van der Waals surface area contributed by atoms with E-state index in [4.69, 9.17) is 0 Å². The van der Waals surface area contributed by atoms with Gasteiger partial charge in [-0.2, -0.15) is 0 Å². The molecule has 0 atom stereocenters. The van der Waals surface area contributed by atoms with Crippen LogP contribution in [0, 0.1) is 5.41 Å². The van der Waals surface area contributed by atoms with Crippen LogP contribution < -0.4 is 16.0 Å². The van der Waals surface area contributed by atoms with E-state index in [1.165, 1.54) is 0 Å². The number of hydrogen-bond acceptors (Lipinski definition) is 3. The molecule has 110 valence electrons. The van der Waals surface area contributed by atoms with Gasteiger partial charge in [0.25, 0.3) is 0 Å². The average molecular weight is 273 g/mol. The largest absolute Gasteiger partial charge is 0.481 e. The number of rotatable bonds is 8. The monoisotopic (exact) mass is 273 g/mol. The summed E-state index contributed by atoms with van der Waals surface area (Å²) in [5.41, 5.74) is -0.955. The van der Waals surface area contributed by atoms with Crippen molar-refractivity contribution in [3.8, 4) is 0 Å². The number of amides is 3. The zero-order chi connectivity index (χ0) is 14.9. The minimum atomic E-state index is -0.955. The first-order chi connectivity index (χ1) is 8.91. The Morgan fingerprint density at radius 2 is 1.58 bits per heavy atom. The molecular formula is C12H23N3O4.